The molecule has 0 aliphatic heterocycles. The van der Waals surface area contributed by atoms with Gasteiger partial charge in [-0.3, -0.25) is 28.2 Å². The Labute approximate surface area is 340 Å². The highest BCUT2D eigenvalue weighted by Crippen LogP contribution is 2.27. The molecule has 0 bridgehead atoms. The van der Waals surface area contributed by atoms with Crippen LogP contribution in [-0.4, -0.2) is 57.4 Å². The molecule has 0 fully saturated rings. The highest BCUT2D eigenvalue weighted by Gasteiger charge is 2.20. The minimum atomic E-state index is -3.96. The van der Waals surface area contributed by atoms with Gasteiger partial charge in [0.15, 0.2) is 10.3 Å². The lowest BCUT2D eigenvalue weighted by molar-refractivity contribution is 0.599. The molecular formula is C40H30N8O6S4. The molecule has 8 aromatic rings. The van der Waals surface area contributed by atoms with Gasteiger partial charge in [-0.2, -0.15) is 0 Å². The summed E-state index contributed by atoms with van der Waals surface area (Å²) in [5, 5.41) is 1.55. The van der Waals surface area contributed by atoms with E-state index in [0.717, 1.165) is 0 Å². The lowest BCUT2D eigenvalue weighted by Crippen LogP contribution is -2.22. The first kappa shape index (κ1) is 38.5. The van der Waals surface area contributed by atoms with Gasteiger partial charge in [0.2, 0.25) is 0 Å². The van der Waals surface area contributed by atoms with Crippen LogP contribution in [0.4, 0.5) is 11.6 Å². The molecule has 4 aromatic heterocycles. The highest BCUT2D eigenvalue weighted by atomic mass is 32.2. The molecule has 0 spiro atoms. The van der Waals surface area contributed by atoms with Crippen molar-refractivity contribution < 1.29 is 16.8 Å². The molecule has 4 aromatic carbocycles. The van der Waals surface area contributed by atoms with Crippen molar-refractivity contribution in [1.82, 2.24) is 29.1 Å². The lowest BCUT2D eigenvalue weighted by Gasteiger charge is -2.15. The summed E-state index contributed by atoms with van der Waals surface area (Å²) in [5.41, 5.74) is 1.19. The lowest BCUT2D eigenvalue weighted by atomic mass is 10.2. The number of benzene rings is 4. The summed E-state index contributed by atoms with van der Waals surface area (Å²) in [7, 11) is -7.92. The third kappa shape index (κ3) is 8.08. The zero-order valence-corrected chi connectivity index (χ0v) is 33.3. The van der Waals surface area contributed by atoms with E-state index in [4.69, 9.17) is 9.97 Å². The van der Waals surface area contributed by atoms with E-state index >= 15 is 0 Å². The second kappa shape index (κ2) is 16.3. The standard InChI is InChI=1S/C40H30N8O6S4/c49-37-31-9-1-3-11-33(31)43-39(47(37)27-15-19-29(20-16-27)57(51,52)45-35-13-5-7-23-41-35)55-25-26-56-40-44-34-12-4-2-10-32(34)38(50)48(40)28-17-21-30(22-18-28)58(53,54)46-36-14-6-8-24-42-36/h1-24H,25-26H2,(H,41,45)(H,42,46). The normalized spacial score (nSPS) is 11.8. The maximum atomic E-state index is 13.9. The average Bonchev–Trinajstić information content (AvgIpc) is 3.23. The number of hydrogen-bond acceptors (Lipinski definition) is 12. The second-order valence-corrected chi connectivity index (χ2v) is 17.9. The van der Waals surface area contributed by atoms with Gasteiger partial charge in [0, 0.05) is 23.9 Å². The molecule has 8 rings (SSSR count). The van der Waals surface area contributed by atoms with Crippen molar-refractivity contribution >= 4 is 77.0 Å². The van der Waals surface area contributed by atoms with Crippen molar-refractivity contribution in [3.8, 4) is 11.4 Å². The van der Waals surface area contributed by atoms with Gasteiger partial charge in [-0.25, -0.2) is 36.8 Å². The molecule has 4 heterocycles. The fourth-order valence-electron chi connectivity index (χ4n) is 5.93. The van der Waals surface area contributed by atoms with E-state index in [-0.39, 0.29) is 32.5 Å². The highest BCUT2D eigenvalue weighted by molar-refractivity contribution is 8.02. The number of sulfonamides is 2. The summed E-state index contributed by atoms with van der Waals surface area (Å²) in [6.45, 7) is 0. The van der Waals surface area contributed by atoms with Crippen LogP contribution in [0.1, 0.15) is 0 Å². The maximum Gasteiger partial charge on any atom is 0.266 e. The van der Waals surface area contributed by atoms with Crippen molar-refractivity contribution in [2.75, 3.05) is 20.9 Å². The van der Waals surface area contributed by atoms with Gasteiger partial charge >= 0.3 is 0 Å². The first-order valence-corrected chi connectivity index (χ1v) is 22.4. The third-order valence-electron chi connectivity index (χ3n) is 8.65. The van der Waals surface area contributed by atoms with Gasteiger partial charge in [-0.1, -0.05) is 59.9 Å². The van der Waals surface area contributed by atoms with Crippen molar-refractivity contribution in [3.63, 3.8) is 0 Å². The van der Waals surface area contributed by atoms with E-state index in [1.807, 2.05) is 0 Å². The van der Waals surface area contributed by atoms with E-state index < -0.39 is 20.0 Å². The van der Waals surface area contributed by atoms with Gasteiger partial charge < -0.3 is 0 Å². The molecule has 0 amide bonds. The summed E-state index contributed by atoms with van der Waals surface area (Å²) < 4.78 is 60.1. The molecule has 0 unspecified atom stereocenters. The number of pyridine rings is 2. The number of fused-ring (bicyclic) bond motifs is 2. The Morgan fingerprint density at radius 1 is 0.483 bits per heavy atom. The first-order chi connectivity index (χ1) is 28.1. The smallest absolute Gasteiger partial charge is 0.266 e. The maximum absolute atomic E-state index is 13.9. The molecule has 58 heavy (non-hydrogen) atoms. The van der Waals surface area contributed by atoms with Crippen LogP contribution < -0.4 is 20.6 Å². The van der Waals surface area contributed by atoms with Gasteiger partial charge in [0.25, 0.3) is 31.2 Å². The molecule has 2 N–H and O–H groups in total. The second-order valence-electron chi connectivity index (χ2n) is 12.4. The zero-order chi connectivity index (χ0) is 40.3. The number of aromatic nitrogens is 6. The molecular weight excluding hydrogens is 817 g/mol. The van der Waals surface area contributed by atoms with Crippen LogP contribution in [0.3, 0.4) is 0 Å². The minimum absolute atomic E-state index is 0.0133. The summed E-state index contributed by atoms with van der Waals surface area (Å²) in [6, 6.07) is 35.6. The topological polar surface area (TPSA) is 188 Å². The van der Waals surface area contributed by atoms with Crippen LogP contribution in [0.5, 0.6) is 0 Å². The van der Waals surface area contributed by atoms with E-state index in [1.165, 1.54) is 69.3 Å². The van der Waals surface area contributed by atoms with Crippen LogP contribution in [0.15, 0.2) is 176 Å². The van der Waals surface area contributed by atoms with Gasteiger partial charge in [0.05, 0.1) is 43.0 Å². The molecule has 18 heteroatoms. The van der Waals surface area contributed by atoms with Gasteiger partial charge in [0.1, 0.15) is 11.6 Å². The number of hydrogen-bond donors (Lipinski definition) is 2. The Morgan fingerprint density at radius 3 is 1.24 bits per heavy atom. The van der Waals surface area contributed by atoms with Crippen molar-refractivity contribution in [2.45, 2.75) is 20.1 Å². The molecule has 0 radical (unpaired) electrons. The Bertz CT molecular complexity index is 2920. The summed E-state index contributed by atoms with van der Waals surface area (Å²) >= 11 is 2.63. The molecule has 0 atom stereocenters. The van der Waals surface area contributed by atoms with Crippen LogP contribution in [0, 0.1) is 0 Å². The Kier molecular flexibility index (Phi) is 10.8. The number of anilines is 2. The Morgan fingerprint density at radius 2 is 0.862 bits per heavy atom. The average molecular weight is 847 g/mol. The number of thioether (sulfide) groups is 2. The molecule has 290 valence electrons. The summed E-state index contributed by atoms with van der Waals surface area (Å²) in [5.74, 6) is 1.20. The van der Waals surface area contributed by atoms with E-state index in [2.05, 4.69) is 19.4 Å². The van der Waals surface area contributed by atoms with Crippen LogP contribution in [0.2, 0.25) is 0 Å². The first-order valence-electron chi connectivity index (χ1n) is 17.5. The number of rotatable bonds is 13. The molecule has 0 aliphatic carbocycles. The Balaban J connectivity index is 1.06. The van der Waals surface area contributed by atoms with Gasteiger partial charge in [-0.05, 0) is 97.1 Å². The SMILES string of the molecule is O=c1c2ccccc2nc(SCCSc2nc3ccccc3c(=O)n2-c2ccc(S(=O)(=O)Nc3ccccn3)cc2)n1-c1ccc(S(=O)(=O)Nc2ccccn2)cc1. The minimum Gasteiger partial charge on any atom is -0.268 e. The van der Waals surface area contributed by atoms with Crippen LogP contribution in [-0.2, 0) is 20.0 Å². The largest absolute Gasteiger partial charge is 0.268 e. The summed E-state index contributed by atoms with van der Waals surface area (Å²) in [4.78, 5) is 45.5. The number of para-hydroxylation sites is 2. The fourth-order valence-corrected chi connectivity index (χ4v) is 9.94. The van der Waals surface area contributed by atoms with Crippen molar-refractivity contribution in [3.05, 3.63) is 167 Å². The van der Waals surface area contributed by atoms with Gasteiger partial charge in [-0.15, -0.1) is 0 Å². The summed E-state index contributed by atoms with van der Waals surface area (Å²) in [6.07, 6.45) is 2.96. The monoisotopic (exact) mass is 846 g/mol. The number of nitrogens with zero attached hydrogens (tertiary/aromatic N) is 6. The molecule has 14 nitrogen and oxygen atoms in total. The predicted molar refractivity (Wildman–Crippen MR) is 226 cm³/mol. The quantitative estimate of drug-likeness (QED) is 0.0744. The Hall–Kier alpha value is -6.34. The predicted octanol–water partition coefficient (Wildman–Crippen LogP) is 6.36. The zero-order valence-electron chi connectivity index (χ0n) is 30.0. The van der Waals surface area contributed by atoms with Crippen molar-refractivity contribution in [2.24, 2.45) is 0 Å². The van der Waals surface area contributed by atoms with E-state index in [1.54, 1.807) is 109 Å². The van der Waals surface area contributed by atoms with Crippen molar-refractivity contribution in [1.29, 1.82) is 0 Å². The molecule has 0 saturated heterocycles. The molecule has 0 aliphatic rings. The van der Waals surface area contributed by atoms with Crippen LogP contribution >= 0.6 is 23.5 Å². The van der Waals surface area contributed by atoms with Crippen LogP contribution in [0.25, 0.3) is 33.2 Å². The molecule has 0 saturated carbocycles. The third-order valence-corrected chi connectivity index (χ3v) is 13.5. The van der Waals surface area contributed by atoms with E-state index in [0.29, 0.717) is 55.0 Å². The number of nitrogens with one attached hydrogen (secondary N) is 2. The van der Waals surface area contributed by atoms with E-state index in [9.17, 15) is 26.4 Å². The fraction of sp³-hybridized carbons (Fsp3) is 0.0500.